The van der Waals surface area contributed by atoms with E-state index in [4.69, 9.17) is 11.6 Å². The lowest BCUT2D eigenvalue weighted by molar-refractivity contribution is 0.686. The maximum Gasteiger partial charge on any atom is 0.0751 e. The Morgan fingerprint density at radius 1 is 1.17 bits per heavy atom. The van der Waals surface area contributed by atoms with Crippen LogP contribution in [-0.4, -0.2) is 15.4 Å². The van der Waals surface area contributed by atoms with E-state index < -0.39 is 10.8 Å². The summed E-state index contributed by atoms with van der Waals surface area (Å²) in [5, 5.41) is 5.14. The van der Waals surface area contributed by atoms with E-state index in [-0.39, 0.29) is 0 Å². The van der Waals surface area contributed by atoms with Crippen molar-refractivity contribution >= 4 is 39.0 Å². The molecule has 0 fully saturated rings. The molecular formula is C18H17ClN2OS. The van der Waals surface area contributed by atoms with Gasteiger partial charge in [-0.05, 0) is 29.3 Å². The lowest BCUT2D eigenvalue weighted by Gasteiger charge is -2.11. The van der Waals surface area contributed by atoms with Gasteiger partial charge in [0.1, 0.15) is 0 Å². The van der Waals surface area contributed by atoms with Gasteiger partial charge in [0.05, 0.1) is 16.2 Å². The Morgan fingerprint density at radius 2 is 2.00 bits per heavy atom. The van der Waals surface area contributed by atoms with Crippen molar-refractivity contribution in [1.82, 2.24) is 4.98 Å². The predicted octanol–water partition coefficient (Wildman–Crippen LogP) is 4.38. The van der Waals surface area contributed by atoms with Crippen molar-refractivity contribution < 1.29 is 4.21 Å². The average Bonchev–Trinajstić information content (AvgIpc) is 2.55. The third-order valence-electron chi connectivity index (χ3n) is 3.59. The maximum atomic E-state index is 11.4. The van der Waals surface area contributed by atoms with Crippen LogP contribution in [0.25, 0.3) is 10.9 Å². The van der Waals surface area contributed by atoms with Gasteiger partial charge in [-0.2, -0.15) is 0 Å². The molecule has 0 unspecified atom stereocenters. The van der Waals surface area contributed by atoms with Crippen molar-refractivity contribution in [3.63, 3.8) is 0 Å². The van der Waals surface area contributed by atoms with Crippen molar-refractivity contribution in [1.29, 1.82) is 0 Å². The van der Waals surface area contributed by atoms with E-state index in [0.717, 1.165) is 27.7 Å². The fourth-order valence-corrected chi connectivity index (χ4v) is 3.37. The zero-order chi connectivity index (χ0) is 16.2. The smallest absolute Gasteiger partial charge is 0.0751 e. The van der Waals surface area contributed by atoms with Gasteiger partial charge in [-0.3, -0.25) is 9.19 Å². The van der Waals surface area contributed by atoms with Gasteiger partial charge in [-0.25, -0.2) is 0 Å². The Morgan fingerprint density at radius 3 is 2.83 bits per heavy atom. The molecule has 0 bridgehead atoms. The molecule has 0 spiro atoms. The van der Waals surface area contributed by atoms with Crippen LogP contribution in [0.5, 0.6) is 0 Å². The molecule has 0 aliphatic carbocycles. The maximum absolute atomic E-state index is 11.4. The second-order valence-electron chi connectivity index (χ2n) is 5.38. The summed E-state index contributed by atoms with van der Waals surface area (Å²) in [6, 6.07) is 15.8. The molecule has 1 atom stereocenters. The zero-order valence-electron chi connectivity index (χ0n) is 12.8. The number of anilines is 1. The van der Waals surface area contributed by atoms with E-state index in [9.17, 15) is 4.21 Å². The number of benzene rings is 2. The SMILES string of the molecule is C[S@@](=O)Cc1ccc(Cl)c(NCc2cccc3cccnc23)c1. The molecule has 0 saturated heterocycles. The first-order chi connectivity index (χ1) is 11.1. The van der Waals surface area contributed by atoms with Gasteiger partial charge in [0.25, 0.3) is 0 Å². The van der Waals surface area contributed by atoms with Gasteiger partial charge in [-0.15, -0.1) is 0 Å². The fourth-order valence-electron chi connectivity index (χ4n) is 2.53. The molecule has 118 valence electrons. The van der Waals surface area contributed by atoms with Gasteiger partial charge in [0.15, 0.2) is 0 Å². The number of hydrogen-bond donors (Lipinski definition) is 1. The van der Waals surface area contributed by atoms with Crippen LogP contribution in [-0.2, 0) is 23.1 Å². The number of hydrogen-bond acceptors (Lipinski definition) is 3. The third kappa shape index (κ3) is 3.89. The Hall–Kier alpha value is -1.91. The molecule has 2 aromatic carbocycles. The molecule has 5 heteroatoms. The summed E-state index contributed by atoms with van der Waals surface area (Å²) in [5.74, 6) is 0.529. The summed E-state index contributed by atoms with van der Waals surface area (Å²) in [6.45, 7) is 0.632. The standard InChI is InChI=1S/C18H17ClN2OS/c1-23(22)12-13-7-8-16(19)17(10-13)21-11-15-5-2-4-14-6-3-9-20-18(14)15/h2-10,21H,11-12H2,1H3/t23-/m1/s1. The lowest BCUT2D eigenvalue weighted by atomic mass is 10.1. The molecule has 1 N–H and O–H groups in total. The minimum absolute atomic E-state index is 0.529. The fraction of sp³-hybridized carbons (Fsp3) is 0.167. The van der Waals surface area contributed by atoms with Gasteiger partial charge >= 0.3 is 0 Å². The molecule has 3 aromatic rings. The Balaban J connectivity index is 1.83. The lowest BCUT2D eigenvalue weighted by Crippen LogP contribution is -2.02. The van der Waals surface area contributed by atoms with Crippen molar-refractivity contribution in [2.24, 2.45) is 0 Å². The van der Waals surface area contributed by atoms with Crippen LogP contribution in [0.2, 0.25) is 5.02 Å². The first-order valence-electron chi connectivity index (χ1n) is 7.28. The highest BCUT2D eigenvalue weighted by atomic mass is 35.5. The molecular weight excluding hydrogens is 328 g/mol. The zero-order valence-corrected chi connectivity index (χ0v) is 14.3. The van der Waals surface area contributed by atoms with Gasteiger partial charge < -0.3 is 5.32 Å². The molecule has 1 aromatic heterocycles. The Kier molecular flexibility index (Phi) is 4.94. The molecule has 3 nitrogen and oxygen atoms in total. The van der Waals surface area contributed by atoms with Gasteiger partial charge in [0.2, 0.25) is 0 Å². The van der Waals surface area contributed by atoms with E-state index in [1.54, 1.807) is 12.5 Å². The summed E-state index contributed by atoms with van der Waals surface area (Å²) < 4.78 is 11.4. The number of para-hydroxylation sites is 1. The molecule has 23 heavy (non-hydrogen) atoms. The number of fused-ring (bicyclic) bond motifs is 1. The van der Waals surface area contributed by atoms with Crippen LogP contribution in [0, 0.1) is 0 Å². The molecule has 0 radical (unpaired) electrons. The minimum atomic E-state index is -0.871. The van der Waals surface area contributed by atoms with E-state index in [1.165, 1.54) is 0 Å². The monoisotopic (exact) mass is 344 g/mol. The van der Waals surface area contributed by atoms with Crippen molar-refractivity contribution in [3.8, 4) is 0 Å². The first-order valence-corrected chi connectivity index (χ1v) is 9.39. The summed E-state index contributed by atoms with van der Waals surface area (Å²) in [7, 11) is -0.871. The van der Waals surface area contributed by atoms with Crippen LogP contribution in [0.4, 0.5) is 5.69 Å². The Bertz CT molecular complexity index is 861. The molecule has 0 saturated carbocycles. The molecule has 3 rings (SSSR count). The van der Waals surface area contributed by atoms with Crippen LogP contribution < -0.4 is 5.32 Å². The molecule has 0 aliphatic heterocycles. The highest BCUT2D eigenvalue weighted by Crippen LogP contribution is 2.25. The topological polar surface area (TPSA) is 42.0 Å². The Labute approximate surface area is 143 Å². The summed E-state index contributed by atoms with van der Waals surface area (Å²) in [6.07, 6.45) is 3.50. The minimum Gasteiger partial charge on any atom is -0.380 e. The third-order valence-corrected chi connectivity index (χ3v) is 4.66. The van der Waals surface area contributed by atoms with Gasteiger partial charge in [-0.1, -0.05) is 41.9 Å². The number of pyridine rings is 1. The number of rotatable bonds is 5. The second-order valence-corrected chi connectivity index (χ2v) is 7.22. The predicted molar refractivity (Wildman–Crippen MR) is 98.3 cm³/mol. The summed E-state index contributed by atoms with van der Waals surface area (Å²) in [5.41, 5.74) is 3.96. The van der Waals surface area contributed by atoms with Crippen molar-refractivity contribution in [2.45, 2.75) is 12.3 Å². The molecule has 0 aliphatic rings. The largest absolute Gasteiger partial charge is 0.380 e. The van der Waals surface area contributed by atoms with E-state index in [1.807, 2.05) is 30.3 Å². The van der Waals surface area contributed by atoms with Crippen molar-refractivity contribution in [2.75, 3.05) is 11.6 Å². The number of nitrogens with zero attached hydrogens (tertiary/aromatic N) is 1. The van der Waals surface area contributed by atoms with Gasteiger partial charge in [0, 0.05) is 40.9 Å². The quantitative estimate of drug-likeness (QED) is 0.746. The second kappa shape index (κ2) is 7.11. The summed E-state index contributed by atoms with van der Waals surface area (Å²) in [4.78, 5) is 4.46. The first kappa shape index (κ1) is 16.0. The van der Waals surface area contributed by atoms with Crippen LogP contribution >= 0.6 is 11.6 Å². The highest BCUT2D eigenvalue weighted by Gasteiger charge is 2.06. The molecule has 0 amide bonds. The average molecular weight is 345 g/mol. The van der Waals surface area contributed by atoms with E-state index >= 15 is 0 Å². The van der Waals surface area contributed by atoms with Crippen LogP contribution in [0.3, 0.4) is 0 Å². The molecule has 1 heterocycles. The van der Waals surface area contributed by atoms with Crippen molar-refractivity contribution in [3.05, 3.63) is 70.9 Å². The number of aromatic nitrogens is 1. The number of nitrogens with one attached hydrogen (secondary N) is 1. The van der Waals surface area contributed by atoms with E-state index in [0.29, 0.717) is 17.3 Å². The number of halogens is 1. The highest BCUT2D eigenvalue weighted by molar-refractivity contribution is 7.83. The summed E-state index contributed by atoms with van der Waals surface area (Å²) >= 11 is 6.26. The van der Waals surface area contributed by atoms with Crippen LogP contribution in [0.15, 0.2) is 54.7 Å². The normalized spacial score (nSPS) is 12.3. The van der Waals surface area contributed by atoms with Crippen LogP contribution in [0.1, 0.15) is 11.1 Å². The van der Waals surface area contributed by atoms with E-state index in [2.05, 4.69) is 28.5 Å².